The number of rotatable bonds is 2. The minimum absolute atomic E-state index is 0.354. The molecule has 0 aliphatic carbocycles. The lowest BCUT2D eigenvalue weighted by atomic mass is 9.99. The number of hydrogen-bond acceptors (Lipinski definition) is 1. The Morgan fingerprint density at radius 3 is 2.20 bits per heavy atom. The lowest BCUT2D eigenvalue weighted by Crippen LogP contribution is -2.30. The Labute approximate surface area is 208 Å². The van der Waals surface area contributed by atoms with Crippen LogP contribution in [-0.2, 0) is 7.05 Å². The number of para-hydroxylation sites is 2. The van der Waals surface area contributed by atoms with E-state index in [4.69, 9.17) is 0 Å². The van der Waals surface area contributed by atoms with Crippen molar-refractivity contribution in [1.29, 1.82) is 0 Å². The molecule has 0 N–H and O–H groups in total. The zero-order chi connectivity index (χ0) is 23.8. The lowest BCUT2D eigenvalue weighted by molar-refractivity contribution is -0.634. The highest BCUT2D eigenvalue weighted by molar-refractivity contribution is 7.27. The number of fused-ring (bicyclic) bond motifs is 7. The Balaban J connectivity index is 1.64. The summed E-state index contributed by atoms with van der Waals surface area (Å²) in [6.07, 6.45) is 0. The average molecular weight is 472 g/mol. The monoisotopic (exact) mass is 471 g/mol. The highest BCUT2D eigenvalue weighted by atomic mass is 32.1. The molecule has 0 radical (unpaired) electrons. The number of aryl methyl sites for hydroxylation is 2. The molecule has 0 aliphatic heterocycles. The molecule has 0 aliphatic rings. The lowest BCUT2D eigenvalue weighted by Gasteiger charge is -2.10. The number of nitrogens with zero attached hydrogens (tertiary/aromatic N) is 2. The molecule has 7 rings (SSSR count). The third-order valence-corrected chi connectivity index (χ3v) is 8.76. The molecule has 2 aromatic heterocycles. The molecular weight excluding hydrogens is 444 g/mol. The van der Waals surface area contributed by atoms with Crippen LogP contribution < -0.4 is 4.57 Å². The smallest absolute Gasteiger partial charge is 0.226 e. The van der Waals surface area contributed by atoms with Gasteiger partial charge in [0.05, 0.1) is 23.4 Å². The molecule has 0 saturated heterocycles. The molecule has 7 aromatic rings. The van der Waals surface area contributed by atoms with E-state index in [9.17, 15) is 0 Å². The van der Waals surface area contributed by atoms with Gasteiger partial charge in [-0.1, -0.05) is 60.7 Å². The van der Waals surface area contributed by atoms with E-state index in [1.165, 1.54) is 69.7 Å². The van der Waals surface area contributed by atoms with Crippen molar-refractivity contribution in [2.75, 3.05) is 0 Å². The first-order chi connectivity index (χ1) is 17.0. The van der Waals surface area contributed by atoms with Crippen molar-refractivity contribution in [1.82, 2.24) is 4.57 Å². The molecule has 170 valence electrons. The van der Waals surface area contributed by atoms with Crippen molar-refractivity contribution >= 4 is 64.1 Å². The Morgan fingerprint density at radius 2 is 1.40 bits per heavy atom. The predicted molar refractivity (Wildman–Crippen MR) is 152 cm³/mol. The van der Waals surface area contributed by atoms with Crippen LogP contribution in [0.2, 0.25) is 0 Å². The van der Waals surface area contributed by atoms with Crippen LogP contribution in [0.1, 0.15) is 25.5 Å². The first-order valence-corrected chi connectivity index (χ1v) is 13.1. The van der Waals surface area contributed by atoms with Gasteiger partial charge in [-0.2, -0.15) is 0 Å². The zero-order valence-corrected chi connectivity index (χ0v) is 21.3. The Morgan fingerprint density at radius 1 is 0.714 bits per heavy atom. The third kappa shape index (κ3) is 2.85. The van der Waals surface area contributed by atoms with E-state index in [0.717, 1.165) is 0 Å². The molecule has 5 aromatic carbocycles. The number of aromatic nitrogens is 2. The van der Waals surface area contributed by atoms with Crippen LogP contribution in [0.3, 0.4) is 0 Å². The largest absolute Gasteiger partial charge is 0.291 e. The highest BCUT2D eigenvalue weighted by Crippen LogP contribution is 2.44. The second kappa shape index (κ2) is 7.40. The van der Waals surface area contributed by atoms with Gasteiger partial charge in [0.15, 0.2) is 11.0 Å². The minimum Gasteiger partial charge on any atom is -0.226 e. The van der Waals surface area contributed by atoms with Gasteiger partial charge in [-0.05, 0) is 66.8 Å². The van der Waals surface area contributed by atoms with Crippen molar-refractivity contribution in [3.05, 3.63) is 90.5 Å². The van der Waals surface area contributed by atoms with Crippen molar-refractivity contribution in [2.45, 2.75) is 26.8 Å². The Hall–Kier alpha value is -3.69. The van der Waals surface area contributed by atoms with E-state index in [1.54, 1.807) is 0 Å². The molecular formula is C32H27N2S+. The van der Waals surface area contributed by atoms with Gasteiger partial charge in [-0.15, -0.1) is 11.3 Å². The minimum atomic E-state index is 0.354. The van der Waals surface area contributed by atoms with Gasteiger partial charge >= 0.3 is 0 Å². The summed E-state index contributed by atoms with van der Waals surface area (Å²) in [5.74, 6) is 1.28. The van der Waals surface area contributed by atoms with Gasteiger partial charge in [0, 0.05) is 20.9 Å². The van der Waals surface area contributed by atoms with Crippen LogP contribution in [0.5, 0.6) is 0 Å². The maximum absolute atomic E-state index is 2.51. The maximum Gasteiger partial charge on any atom is 0.291 e. The van der Waals surface area contributed by atoms with Crippen LogP contribution >= 0.6 is 11.3 Å². The standard InChI is InChI=1S/C32H27N2S/c1-19(2)34-28-12-8-7-11-27(28)33(4)32(34)29-20(3)13-15-25-24-16-14-23-17-21-9-5-6-10-22(21)18-26(23)30(24)35-31(25)29/h5-19H,1-4H3/q+1. The number of benzene rings is 5. The summed E-state index contributed by atoms with van der Waals surface area (Å²) in [5, 5.41) is 7.95. The summed E-state index contributed by atoms with van der Waals surface area (Å²) in [7, 11) is 2.21. The fourth-order valence-electron chi connectivity index (χ4n) is 5.84. The van der Waals surface area contributed by atoms with Gasteiger partial charge in [0.25, 0.3) is 5.82 Å². The summed E-state index contributed by atoms with van der Waals surface area (Å²) in [4.78, 5) is 0. The molecule has 35 heavy (non-hydrogen) atoms. The summed E-state index contributed by atoms with van der Waals surface area (Å²) in [6.45, 7) is 6.83. The van der Waals surface area contributed by atoms with Gasteiger partial charge < -0.3 is 0 Å². The second-order valence-corrected chi connectivity index (χ2v) is 11.0. The van der Waals surface area contributed by atoms with E-state index in [2.05, 4.69) is 122 Å². The number of hydrogen-bond donors (Lipinski definition) is 0. The van der Waals surface area contributed by atoms with Gasteiger partial charge in [0.2, 0.25) is 0 Å². The van der Waals surface area contributed by atoms with Crippen LogP contribution in [0.25, 0.3) is 64.1 Å². The first kappa shape index (κ1) is 20.7. The topological polar surface area (TPSA) is 8.81 Å². The SMILES string of the molecule is Cc1ccc2c(sc3c4cc5ccccc5cc4ccc23)c1-c1n(C(C)C)c2ccccc2[n+]1C. The highest BCUT2D eigenvalue weighted by Gasteiger charge is 2.29. The third-order valence-electron chi connectivity index (χ3n) is 7.49. The Kier molecular flexibility index (Phi) is 4.37. The van der Waals surface area contributed by atoms with E-state index in [-0.39, 0.29) is 0 Å². The zero-order valence-electron chi connectivity index (χ0n) is 20.5. The molecule has 2 nitrogen and oxygen atoms in total. The number of imidazole rings is 1. The molecule has 0 amide bonds. The summed E-state index contributed by atoms with van der Waals surface area (Å²) < 4.78 is 7.64. The van der Waals surface area contributed by atoms with Crippen LogP contribution in [0.15, 0.2) is 84.9 Å². The predicted octanol–water partition coefficient (Wildman–Crippen LogP) is 8.70. The Bertz CT molecular complexity index is 1950. The second-order valence-electron chi connectivity index (χ2n) is 9.93. The molecule has 0 spiro atoms. The molecule has 0 saturated carbocycles. The summed E-state index contributed by atoms with van der Waals surface area (Å²) >= 11 is 1.95. The summed E-state index contributed by atoms with van der Waals surface area (Å²) in [6, 6.07) is 31.7. The number of thiophene rings is 1. The molecule has 0 unspecified atom stereocenters. The average Bonchev–Trinajstić information content (AvgIpc) is 3.38. The fraction of sp³-hybridized carbons (Fsp3) is 0.156. The molecule has 3 heteroatoms. The van der Waals surface area contributed by atoms with E-state index >= 15 is 0 Å². The van der Waals surface area contributed by atoms with Crippen molar-refractivity contribution in [2.24, 2.45) is 7.05 Å². The van der Waals surface area contributed by atoms with Crippen LogP contribution in [0, 0.1) is 6.92 Å². The van der Waals surface area contributed by atoms with Gasteiger partial charge in [-0.25, -0.2) is 9.13 Å². The van der Waals surface area contributed by atoms with Gasteiger partial charge in [0.1, 0.15) is 0 Å². The van der Waals surface area contributed by atoms with Crippen LogP contribution in [-0.4, -0.2) is 4.57 Å². The van der Waals surface area contributed by atoms with Crippen molar-refractivity contribution in [3.8, 4) is 11.4 Å². The maximum atomic E-state index is 2.51. The van der Waals surface area contributed by atoms with Crippen molar-refractivity contribution in [3.63, 3.8) is 0 Å². The van der Waals surface area contributed by atoms with E-state index < -0.39 is 0 Å². The molecule has 0 atom stereocenters. The summed E-state index contributed by atoms with van der Waals surface area (Å²) in [5.41, 5.74) is 5.23. The van der Waals surface area contributed by atoms with Gasteiger partial charge in [-0.3, -0.25) is 0 Å². The van der Waals surface area contributed by atoms with E-state index in [0.29, 0.717) is 6.04 Å². The fourth-order valence-corrected chi connectivity index (χ4v) is 7.26. The molecule has 0 bridgehead atoms. The quantitative estimate of drug-likeness (QED) is 0.176. The van der Waals surface area contributed by atoms with E-state index in [1.807, 2.05) is 11.3 Å². The van der Waals surface area contributed by atoms with Crippen molar-refractivity contribution < 1.29 is 4.57 Å². The first-order valence-electron chi connectivity index (χ1n) is 12.3. The molecule has 0 fully saturated rings. The molecule has 2 heterocycles. The van der Waals surface area contributed by atoms with Crippen LogP contribution in [0.4, 0.5) is 0 Å². The normalized spacial score (nSPS) is 12.3.